The average molecular weight is 250 g/mol. The lowest BCUT2D eigenvalue weighted by Gasteiger charge is -2.09. The maximum absolute atomic E-state index is 9.31. The van der Waals surface area contributed by atoms with Crippen molar-refractivity contribution in [3.05, 3.63) is 58.8 Å². The molecule has 3 nitrogen and oxygen atoms in total. The van der Waals surface area contributed by atoms with E-state index in [1.165, 1.54) is 5.56 Å². The Kier molecular flexibility index (Phi) is 3.16. The Morgan fingerprint density at radius 3 is 2.84 bits per heavy atom. The summed E-state index contributed by atoms with van der Waals surface area (Å²) in [6, 6.07) is 12.2. The standard InChI is InChI=1S/C16H14N2O/c17-9-15-14-8-4-7-13(14)10-18-16(15)19-11-12-5-2-1-3-6-12/h1-3,5-6,10H,4,7-8,11H2. The second-order valence-corrected chi connectivity index (χ2v) is 4.68. The molecule has 0 aliphatic heterocycles. The van der Waals surface area contributed by atoms with Crippen molar-refractivity contribution in [3.8, 4) is 11.9 Å². The molecule has 0 radical (unpaired) electrons. The Morgan fingerprint density at radius 1 is 1.21 bits per heavy atom. The molecule has 0 fully saturated rings. The summed E-state index contributed by atoms with van der Waals surface area (Å²) < 4.78 is 5.71. The van der Waals surface area contributed by atoms with E-state index in [2.05, 4.69) is 11.1 Å². The highest BCUT2D eigenvalue weighted by molar-refractivity contribution is 5.50. The van der Waals surface area contributed by atoms with Crippen molar-refractivity contribution in [2.75, 3.05) is 0 Å². The van der Waals surface area contributed by atoms with Gasteiger partial charge in [0.15, 0.2) is 0 Å². The summed E-state index contributed by atoms with van der Waals surface area (Å²) >= 11 is 0. The van der Waals surface area contributed by atoms with E-state index in [9.17, 15) is 5.26 Å². The minimum absolute atomic E-state index is 0.446. The quantitative estimate of drug-likeness (QED) is 0.841. The SMILES string of the molecule is N#Cc1c(OCc2ccccc2)ncc2c1CCC2. The van der Waals surface area contributed by atoms with Crippen molar-refractivity contribution in [1.29, 1.82) is 5.26 Å². The molecule has 0 bridgehead atoms. The van der Waals surface area contributed by atoms with Crippen LogP contribution in [0.25, 0.3) is 0 Å². The summed E-state index contributed by atoms with van der Waals surface area (Å²) in [6.07, 6.45) is 4.94. The fraction of sp³-hybridized carbons (Fsp3) is 0.250. The van der Waals surface area contributed by atoms with Crippen LogP contribution in [0.5, 0.6) is 5.88 Å². The van der Waals surface area contributed by atoms with Gasteiger partial charge in [0.1, 0.15) is 18.2 Å². The van der Waals surface area contributed by atoms with Crippen molar-refractivity contribution in [1.82, 2.24) is 4.98 Å². The molecule has 2 aromatic rings. The van der Waals surface area contributed by atoms with Gasteiger partial charge in [-0.15, -0.1) is 0 Å². The highest BCUT2D eigenvalue weighted by atomic mass is 16.5. The Labute approximate surface area is 112 Å². The van der Waals surface area contributed by atoms with E-state index in [4.69, 9.17) is 4.74 Å². The smallest absolute Gasteiger partial charge is 0.232 e. The largest absolute Gasteiger partial charge is 0.472 e. The second kappa shape index (κ2) is 5.11. The van der Waals surface area contributed by atoms with Crippen LogP contribution < -0.4 is 4.74 Å². The van der Waals surface area contributed by atoms with Crippen LogP contribution in [0.1, 0.15) is 28.7 Å². The summed E-state index contributed by atoms with van der Waals surface area (Å²) in [5.41, 5.74) is 4.02. The van der Waals surface area contributed by atoms with Crippen LogP contribution in [0, 0.1) is 11.3 Å². The molecule has 1 aliphatic rings. The van der Waals surface area contributed by atoms with Gasteiger partial charge in [0.25, 0.3) is 0 Å². The van der Waals surface area contributed by atoms with Gasteiger partial charge < -0.3 is 4.74 Å². The summed E-state index contributed by atoms with van der Waals surface area (Å²) in [4.78, 5) is 4.29. The number of hydrogen-bond acceptors (Lipinski definition) is 3. The van der Waals surface area contributed by atoms with Gasteiger partial charge in [0.2, 0.25) is 5.88 Å². The van der Waals surface area contributed by atoms with E-state index >= 15 is 0 Å². The highest BCUT2D eigenvalue weighted by Crippen LogP contribution is 2.29. The minimum Gasteiger partial charge on any atom is -0.472 e. The third kappa shape index (κ3) is 2.30. The normalized spacial score (nSPS) is 12.8. The van der Waals surface area contributed by atoms with Crippen LogP contribution in [-0.4, -0.2) is 4.98 Å². The molecular formula is C16H14N2O. The number of pyridine rings is 1. The van der Waals surface area contributed by atoms with Crippen LogP contribution >= 0.6 is 0 Å². The zero-order valence-corrected chi connectivity index (χ0v) is 10.6. The zero-order chi connectivity index (χ0) is 13.1. The predicted molar refractivity (Wildman–Crippen MR) is 71.8 cm³/mol. The van der Waals surface area contributed by atoms with Gasteiger partial charge in [0, 0.05) is 6.20 Å². The van der Waals surface area contributed by atoms with Crippen molar-refractivity contribution in [2.24, 2.45) is 0 Å². The Morgan fingerprint density at radius 2 is 2.05 bits per heavy atom. The molecule has 0 N–H and O–H groups in total. The van der Waals surface area contributed by atoms with Crippen molar-refractivity contribution in [2.45, 2.75) is 25.9 Å². The molecule has 94 valence electrons. The third-order valence-corrected chi connectivity index (χ3v) is 3.44. The van der Waals surface area contributed by atoms with Crippen molar-refractivity contribution in [3.63, 3.8) is 0 Å². The van der Waals surface area contributed by atoms with Gasteiger partial charge >= 0.3 is 0 Å². The van der Waals surface area contributed by atoms with E-state index in [0.29, 0.717) is 18.1 Å². The molecule has 0 saturated carbocycles. The molecule has 3 heteroatoms. The van der Waals surface area contributed by atoms with E-state index in [0.717, 1.165) is 30.4 Å². The topological polar surface area (TPSA) is 45.9 Å². The van der Waals surface area contributed by atoms with Gasteiger partial charge in [-0.25, -0.2) is 4.98 Å². The number of fused-ring (bicyclic) bond motifs is 1. The monoisotopic (exact) mass is 250 g/mol. The summed E-state index contributed by atoms with van der Waals surface area (Å²) in [5, 5.41) is 9.31. The Bertz CT molecular complexity index is 629. The molecule has 3 rings (SSSR count). The first-order chi connectivity index (χ1) is 9.38. The lowest BCUT2D eigenvalue weighted by molar-refractivity contribution is 0.292. The molecule has 0 saturated heterocycles. The maximum Gasteiger partial charge on any atom is 0.232 e. The Hall–Kier alpha value is -2.34. The molecule has 0 amide bonds. The number of ether oxygens (including phenoxy) is 1. The van der Waals surface area contributed by atoms with E-state index in [1.807, 2.05) is 36.5 Å². The van der Waals surface area contributed by atoms with Gasteiger partial charge in [-0.2, -0.15) is 5.26 Å². The molecule has 0 atom stereocenters. The highest BCUT2D eigenvalue weighted by Gasteiger charge is 2.19. The maximum atomic E-state index is 9.31. The lowest BCUT2D eigenvalue weighted by atomic mass is 10.1. The fourth-order valence-electron chi connectivity index (χ4n) is 2.48. The molecule has 1 aliphatic carbocycles. The van der Waals surface area contributed by atoms with Crippen LogP contribution in [0.3, 0.4) is 0 Å². The Balaban J connectivity index is 1.84. The number of nitrogens with zero attached hydrogens (tertiary/aromatic N) is 2. The minimum atomic E-state index is 0.446. The number of aromatic nitrogens is 1. The molecule has 1 aromatic heterocycles. The van der Waals surface area contributed by atoms with Crippen LogP contribution in [0.4, 0.5) is 0 Å². The first kappa shape index (κ1) is 11.7. The number of benzene rings is 1. The summed E-state index contributed by atoms with van der Waals surface area (Å²) in [5.74, 6) is 0.465. The van der Waals surface area contributed by atoms with E-state index in [1.54, 1.807) is 0 Å². The molecule has 1 aromatic carbocycles. The zero-order valence-electron chi connectivity index (χ0n) is 10.6. The first-order valence-electron chi connectivity index (χ1n) is 6.46. The fourth-order valence-corrected chi connectivity index (χ4v) is 2.48. The molecule has 0 unspecified atom stereocenters. The van der Waals surface area contributed by atoms with Gasteiger partial charge in [-0.3, -0.25) is 0 Å². The predicted octanol–water partition coefficient (Wildman–Crippen LogP) is 3.02. The first-order valence-corrected chi connectivity index (χ1v) is 6.46. The number of nitriles is 1. The third-order valence-electron chi connectivity index (χ3n) is 3.44. The van der Waals surface area contributed by atoms with Gasteiger partial charge in [-0.05, 0) is 36.0 Å². The van der Waals surface area contributed by atoms with Crippen molar-refractivity contribution >= 4 is 0 Å². The van der Waals surface area contributed by atoms with Crippen LogP contribution in [0.2, 0.25) is 0 Å². The molecule has 1 heterocycles. The number of hydrogen-bond donors (Lipinski definition) is 0. The lowest BCUT2D eigenvalue weighted by Crippen LogP contribution is -2.02. The van der Waals surface area contributed by atoms with Crippen LogP contribution in [0.15, 0.2) is 36.5 Å². The van der Waals surface area contributed by atoms with E-state index in [-0.39, 0.29) is 0 Å². The average Bonchev–Trinajstić information content (AvgIpc) is 2.94. The number of rotatable bonds is 3. The van der Waals surface area contributed by atoms with Crippen molar-refractivity contribution < 1.29 is 4.74 Å². The second-order valence-electron chi connectivity index (χ2n) is 4.68. The van der Waals surface area contributed by atoms with Crippen LogP contribution in [-0.2, 0) is 19.4 Å². The molecular weight excluding hydrogens is 236 g/mol. The molecule has 0 spiro atoms. The van der Waals surface area contributed by atoms with E-state index < -0.39 is 0 Å². The van der Waals surface area contributed by atoms with Gasteiger partial charge in [0.05, 0.1) is 0 Å². The van der Waals surface area contributed by atoms with Gasteiger partial charge in [-0.1, -0.05) is 30.3 Å². The summed E-state index contributed by atoms with van der Waals surface area (Å²) in [6.45, 7) is 0.446. The number of aryl methyl sites for hydroxylation is 1. The molecule has 19 heavy (non-hydrogen) atoms. The summed E-state index contributed by atoms with van der Waals surface area (Å²) in [7, 11) is 0.